The number of rotatable bonds is 3. The summed E-state index contributed by atoms with van der Waals surface area (Å²) in [5, 5.41) is 9.02. The van der Waals surface area contributed by atoms with Crippen molar-refractivity contribution in [2.75, 3.05) is 0 Å². The van der Waals surface area contributed by atoms with E-state index >= 15 is 0 Å². The Morgan fingerprint density at radius 1 is 0.958 bits per heavy atom. The van der Waals surface area contributed by atoms with Gasteiger partial charge >= 0.3 is 18.5 Å². The Hall–Kier alpha value is -2.78. The molecule has 0 aliphatic rings. The summed E-state index contributed by atoms with van der Waals surface area (Å²) in [6.45, 7) is 0. The standard InChI is InChI=1S/C14H7F6NO3/c15-13(16,17)10-6-5-9(11(21-10)12(22)23)7-1-3-8(4-2-7)24-14(18,19)20/h1-6H,(H,22,23). The Bertz CT molecular complexity index is 753. The Labute approximate surface area is 130 Å². The van der Waals surface area contributed by atoms with Gasteiger partial charge in [-0.3, -0.25) is 0 Å². The molecular weight excluding hydrogens is 344 g/mol. The highest BCUT2D eigenvalue weighted by molar-refractivity contribution is 5.94. The first kappa shape index (κ1) is 17.6. The van der Waals surface area contributed by atoms with E-state index < -0.39 is 35.6 Å². The van der Waals surface area contributed by atoms with Crippen molar-refractivity contribution in [2.24, 2.45) is 0 Å². The molecule has 128 valence electrons. The lowest BCUT2D eigenvalue weighted by atomic mass is 10.0. The van der Waals surface area contributed by atoms with Gasteiger partial charge in [0.15, 0.2) is 5.69 Å². The van der Waals surface area contributed by atoms with Crippen LogP contribution in [0.15, 0.2) is 36.4 Å². The molecule has 1 N–H and O–H groups in total. The second-order valence-corrected chi connectivity index (χ2v) is 4.47. The molecule has 0 atom stereocenters. The minimum atomic E-state index is -4.90. The van der Waals surface area contributed by atoms with E-state index in [1.807, 2.05) is 0 Å². The van der Waals surface area contributed by atoms with Crippen molar-refractivity contribution in [3.8, 4) is 16.9 Å². The molecule has 0 saturated carbocycles. The van der Waals surface area contributed by atoms with E-state index in [-0.39, 0.29) is 11.1 Å². The molecule has 2 aromatic rings. The minimum absolute atomic E-state index is 0.0724. The summed E-state index contributed by atoms with van der Waals surface area (Å²) in [5.41, 5.74) is -2.35. The average molecular weight is 351 g/mol. The second-order valence-electron chi connectivity index (χ2n) is 4.47. The highest BCUT2D eigenvalue weighted by Crippen LogP contribution is 2.32. The van der Waals surface area contributed by atoms with Gasteiger partial charge in [-0.1, -0.05) is 12.1 Å². The normalized spacial score (nSPS) is 12.1. The molecule has 0 aliphatic heterocycles. The van der Waals surface area contributed by atoms with Crippen LogP contribution in [0.5, 0.6) is 5.75 Å². The van der Waals surface area contributed by atoms with Crippen molar-refractivity contribution in [3.05, 3.63) is 47.8 Å². The predicted molar refractivity (Wildman–Crippen MR) is 68.3 cm³/mol. The maximum Gasteiger partial charge on any atom is 0.573 e. The van der Waals surface area contributed by atoms with Crippen molar-refractivity contribution in [1.82, 2.24) is 4.98 Å². The molecule has 0 unspecified atom stereocenters. The Balaban J connectivity index is 2.43. The summed E-state index contributed by atoms with van der Waals surface area (Å²) in [7, 11) is 0. The first-order valence-electron chi connectivity index (χ1n) is 6.15. The number of hydrogen-bond acceptors (Lipinski definition) is 3. The molecule has 0 spiro atoms. The van der Waals surface area contributed by atoms with Crippen LogP contribution in [0.3, 0.4) is 0 Å². The van der Waals surface area contributed by atoms with Gasteiger partial charge in [0.25, 0.3) is 0 Å². The maximum absolute atomic E-state index is 12.6. The third kappa shape index (κ3) is 4.15. The lowest BCUT2D eigenvalue weighted by molar-refractivity contribution is -0.274. The zero-order chi connectivity index (χ0) is 18.1. The van der Waals surface area contributed by atoms with Crippen LogP contribution in [0.25, 0.3) is 11.1 Å². The van der Waals surface area contributed by atoms with E-state index in [9.17, 15) is 31.1 Å². The van der Waals surface area contributed by atoms with Crippen LogP contribution in [0.2, 0.25) is 0 Å². The highest BCUT2D eigenvalue weighted by Gasteiger charge is 2.34. The fraction of sp³-hybridized carbons (Fsp3) is 0.143. The van der Waals surface area contributed by atoms with Crippen LogP contribution >= 0.6 is 0 Å². The number of aromatic nitrogens is 1. The van der Waals surface area contributed by atoms with E-state index in [1.54, 1.807) is 0 Å². The molecule has 4 nitrogen and oxygen atoms in total. The third-order valence-electron chi connectivity index (χ3n) is 2.79. The molecule has 1 heterocycles. The quantitative estimate of drug-likeness (QED) is 0.835. The van der Waals surface area contributed by atoms with Gasteiger partial charge in [0.1, 0.15) is 11.4 Å². The summed E-state index contributed by atoms with van der Waals surface area (Å²) in [6, 6.07) is 5.45. The lowest BCUT2D eigenvalue weighted by Crippen LogP contribution is -2.17. The van der Waals surface area contributed by atoms with E-state index in [0.29, 0.717) is 6.07 Å². The number of carboxylic acid groups (broad SMARTS) is 1. The Morgan fingerprint density at radius 3 is 2.00 bits per heavy atom. The number of carboxylic acids is 1. The third-order valence-corrected chi connectivity index (χ3v) is 2.79. The summed E-state index contributed by atoms with van der Waals surface area (Å²) in [6.07, 6.45) is -9.73. The van der Waals surface area contributed by atoms with Crippen LogP contribution in [0.1, 0.15) is 16.2 Å². The van der Waals surface area contributed by atoms with E-state index in [2.05, 4.69) is 9.72 Å². The van der Waals surface area contributed by atoms with E-state index in [4.69, 9.17) is 5.11 Å². The van der Waals surface area contributed by atoms with Gasteiger partial charge in [-0.25, -0.2) is 9.78 Å². The zero-order valence-electron chi connectivity index (χ0n) is 11.4. The summed E-state index contributed by atoms with van der Waals surface area (Å²) >= 11 is 0. The van der Waals surface area contributed by atoms with Gasteiger partial charge in [0.2, 0.25) is 0 Å². The number of hydrogen-bond donors (Lipinski definition) is 1. The molecule has 10 heteroatoms. The largest absolute Gasteiger partial charge is 0.573 e. The van der Waals surface area contributed by atoms with Gasteiger partial charge < -0.3 is 9.84 Å². The Morgan fingerprint density at radius 2 is 1.54 bits per heavy atom. The van der Waals surface area contributed by atoms with Crippen LogP contribution in [-0.2, 0) is 6.18 Å². The smallest absolute Gasteiger partial charge is 0.476 e. The molecule has 1 aromatic carbocycles. The SMILES string of the molecule is O=C(O)c1nc(C(F)(F)F)ccc1-c1ccc(OC(F)(F)F)cc1. The van der Waals surface area contributed by atoms with Crippen molar-refractivity contribution >= 4 is 5.97 Å². The summed E-state index contributed by atoms with van der Waals surface area (Å²) in [5.74, 6) is -2.25. The van der Waals surface area contributed by atoms with Gasteiger partial charge in [-0.15, -0.1) is 13.2 Å². The molecular formula is C14H7F6NO3. The average Bonchev–Trinajstić information content (AvgIpc) is 2.45. The number of benzene rings is 1. The second kappa shape index (κ2) is 6.02. The molecule has 0 aliphatic carbocycles. The number of nitrogens with zero attached hydrogens (tertiary/aromatic N) is 1. The van der Waals surface area contributed by atoms with Crippen molar-refractivity contribution in [1.29, 1.82) is 0 Å². The molecule has 1 aromatic heterocycles. The number of ether oxygens (including phenoxy) is 1. The summed E-state index contributed by atoms with van der Waals surface area (Å²) < 4.78 is 77.7. The summed E-state index contributed by atoms with van der Waals surface area (Å²) in [4.78, 5) is 14.2. The number of halogens is 6. The highest BCUT2D eigenvalue weighted by atomic mass is 19.4. The monoisotopic (exact) mass is 351 g/mol. The van der Waals surface area contributed by atoms with E-state index in [0.717, 1.165) is 30.3 Å². The molecule has 0 amide bonds. The topological polar surface area (TPSA) is 59.4 Å². The van der Waals surface area contributed by atoms with E-state index in [1.165, 1.54) is 0 Å². The van der Waals surface area contributed by atoms with Crippen LogP contribution < -0.4 is 4.74 Å². The molecule has 0 saturated heterocycles. The molecule has 2 rings (SSSR count). The van der Waals surface area contributed by atoms with Gasteiger partial charge in [0, 0.05) is 5.56 Å². The van der Waals surface area contributed by atoms with Crippen LogP contribution in [0.4, 0.5) is 26.3 Å². The number of carbonyl (C=O) groups is 1. The van der Waals surface area contributed by atoms with Crippen LogP contribution in [-0.4, -0.2) is 22.4 Å². The predicted octanol–water partition coefficient (Wildman–Crippen LogP) is 4.36. The fourth-order valence-corrected chi connectivity index (χ4v) is 1.85. The van der Waals surface area contributed by atoms with Crippen molar-refractivity contribution in [3.63, 3.8) is 0 Å². The van der Waals surface area contributed by atoms with Crippen molar-refractivity contribution in [2.45, 2.75) is 12.5 Å². The fourth-order valence-electron chi connectivity index (χ4n) is 1.85. The van der Waals surface area contributed by atoms with Gasteiger partial charge in [-0.2, -0.15) is 13.2 Å². The molecule has 0 radical (unpaired) electrons. The number of aromatic carboxylic acids is 1. The first-order chi connectivity index (χ1) is 11.0. The Kier molecular flexibility index (Phi) is 4.41. The minimum Gasteiger partial charge on any atom is -0.476 e. The molecule has 24 heavy (non-hydrogen) atoms. The number of pyridine rings is 1. The zero-order valence-corrected chi connectivity index (χ0v) is 11.4. The number of alkyl halides is 6. The first-order valence-corrected chi connectivity index (χ1v) is 6.15. The van der Waals surface area contributed by atoms with Crippen LogP contribution in [0, 0.1) is 0 Å². The molecule has 0 fully saturated rings. The van der Waals surface area contributed by atoms with Gasteiger partial charge in [0.05, 0.1) is 0 Å². The van der Waals surface area contributed by atoms with Crippen molar-refractivity contribution < 1.29 is 41.0 Å². The lowest BCUT2D eigenvalue weighted by Gasteiger charge is -2.12. The maximum atomic E-state index is 12.6. The molecule has 0 bridgehead atoms. The van der Waals surface area contributed by atoms with Gasteiger partial charge in [-0.05, 0) is 29.8 Å².